The van der Waals surface area contributed by atoms with E-state index in [0.717, 1.165) is 4.57 Å². The number of hydrogen-bond acceptors (Lipinski definition) is 7. The number of benzene rings is 1. The largest absolute Gasteiger partial charge is 0.505 e. The zero-order chi connectivity index (χ0) is 24.0. The molecular weight excluding hydrogens is 446 g/mol. The fourth-order valence-electron chi connectivity index (χ4n) is 3.89. The van der Waals surface area contributed by atoms with Crippen molar-refractivity contribution in [3.05, 3.63) is 55.5 Å². The van der Waals surface area contributed by atoms with Crippen LogP contribution in [0, 0.1) is 6.92 Å². The van der Waals surface area contributed by atoms with Gasteiger partial charge in [-0.15, -0.1) is 11.3 Å². The van der Waals surface area contributed by atoms with Crippen LogP contribution < -0.4 is 16.0 Å². The highest BCUT2D eigenvalue weighted by Crippen LogP contribution is 2.47. The van der Waals surface area contributed by atoms with Gasteiger partial charge in [0.15, 0.2) is 0 Å². The fourth-order valence-corrected chi connectivity index (χ4v) is 4.98. The van der Waals surface area contributed by atoms with E-state index in [9.17, 15) is 19.5 Å². The number of hydrogen-bond donors (Lipinski definition) is 2. The maximum absolute atomic E-state index is 13.2. The molecule has 1 aromatic carbocycles. The molecule has 0 saturated heterocycles. The number of ether oxygens (including phenoxy) is 2. The van der Waals surface area contributed by atoms with E-state index in [0.29, 0.717) is 38.0 Å². The number of nitrogens with one attached hydrogen (secondary N) is 1. The topological polar surface area (TPSA) is 116 Å². The number of H-pyrrole nitrogens is 1. The van der Waals surface area contributed by atoms with Crippen molar-refractivity contribution >= 4 is 28.3 Å². The van der Waals surface area contributed by atoms with Gasteiger partial charge in [-0.3, -0.25) is 13.9 Å². The van der Waals surface area contributed by atoms with Gasteiger partial charge < -0.3 is 19.6 Å². The average Bonchev–Trinajstić information content (AvgIpc) is 3.33. The lowest BCUT2D eigenvalue weighted by Crippen LogP contribution is -2.36. The van der Waals surface area contributed by atoms with E-state index < -0.39 is 17.2 Å². The molecule has 0 bridgehead atoms. The first-order chi connectivity index (χ1) is 15.7. The Kier molecular flexibility index (Phi) is 5.62. The summed E-state index contributed by atoms with van der Waals surface area (Å²) < 4.78 is 12.8. The van der Waals surface area contributed by atoms with Crippen LogP contribution in [0.4, 0.5) is 0 Å². The molecule has 0 aliphatic rings. The zero-order valence-electron chi connectivity index (χ0n) is 18.8. The Hall–Kier alpha value is -3.79. The number of aromatic hydroxyl groups is 1. The molecule has 3 heterocycles. The van der Waals surface area contributed by atoms with Crippen molar-refractivity contribution in [2.75, 3.05) is 13.7 Å². The smallest absolute Gasteiger partial charge is 0.343 e. The number of methoxy groups -OCH3 is 1. The molecule has 0 radical (unpaired) electrons. The van der Waals surface area contributed by atoms with Crippen molar-refractivity contribution in [3.8, 4) is 33.2 Å². The molecule has 0 amide bonds. The Balaban J connectivity index is 2.16. The van der Waals surface area contributed by atoms with Gasteiger partial charge >= 0.3 is 11.7 Å². The first-order valence-electron chi connectivity index (χ1n) is 10.2. The zero-order valence-corrected chi connectivity index (χ0v) is 19.6. The molecule has 0 spiro atoms. The number of rotatable bonds is 5. The highest BCUT2D eigenvalue weighted by molar-refractivity contribution is 7.16. The molecule has 4 rings (SSSR count). The van der Waals surface area contributed by atoms with Crippen LogP contribution in [-0.4, -0.2) is 38.9 Å². The third-order valence-corrected chi connectivity index (χ3v) is 6.64. The maximum atomic E-state index is 13.2. The summed E-state index contributed by atoms with van der Waals surface area (Å²) in [6.45, 7) is 3.55. The number of aromatic amines is 1. The Morgan fingerprint density at radius 1 is 1.21 bits per heavy atom. The fraction of sp³-hybridized carbons (Fsp3) is 0.261. The van der Waals surface area contributed by atoms with Crippen LogP contribution >= 0.6 is 11.3 Å². The molecule has 0 unspecified atom stereocenters. The number of nitrogens with zero attached hydrogens (tertiary/aromatic N) is 2. The van der Waals surface area contributed by atoms with Gasteiger partial charge in [0, 0.05) is 30.1 Å². The Bertz CT molecular complexity index is 1520. The molecule has 33 heavy (non-hydrogen) atoms. The average molecular weight is 470 g/mol. The molecule has 172 valence electrons. The van der Waals surface area contributed by atoms with Crippen molar-refractivity contribution < 1.29 is 19.4 Å². The first kappa shape index (κ1) is 22.4. The predicted molar refractivity (Wildman–Crippen MR) is 126 cm³/mol. The third kappa shape index (κ3) is 3.43. The second-order valence-electron chi connectivity index (χ2n) is 7.47. The van der Waals surface area contributed by atoms with E-state index in [2.05, 4.69) is 4.98 Å². The lowest BCUT2D eigenvalue weighted by atomic mass is 10.0. The Labute approximate surface area is 192 Å². The molecule has 0 saturated carbocycles. The summed E-state index contributed by atoms with van der Waals surface area (Å²) in [5.41, 5.74) is 0.944. The maximum Gasteiger partial charge on any atom is 0.343 e. The summed E-state index contributed by atoms with van der Waals surface area (Å²) in [6.07, 6.45) is 0. The second-order valence-corrected chi connectivity index (χ2v) is 8.69. The van der Waals surface area contributed by atoms with Crippen molar-refractivity contribution in [2.45, 2.75) is 13.8 Å². The first-order valence-corrected chi connectivity index (χ1v) is 11.0. The third-order valence-electron chi connectivity index (χ3n) is 5.53. The summed E-state index contributed by atoms with van der Waals surface area (Å²) in [6, 6.07) is 7.18. The second kappa shape index (κ2) is 8.28. The van der Waals surface area contributed by atoms with Crippen molar-refractivity contribution in [1.29, 1.82) is 0 Å². The predicted octanol–water partition coefficient (Wildman–Crippen LogP) is 3.16. The van der Waals surface area contributed by atoms with Crippen LogP contribution in [0.5, 0.6) is 11.5 Å². The number of aromatic nitrogens is 3. The van der Waals surface area contributed by atoms with E-state index in [4.69, 9.17) is 9.47 Å². The quantitative estimate of drug-likeness (QED) is 0.434. The van der Waals surface area contributed by atoms with Crippen molar-refractivity contribution in [3.63, 3.8) is 0 Å². The van der Waals surface area contributed by atoms with Gasteiger partial charge in [0.05, 0.1) is 29.7 Å². The molecular formula is C23H23N3O6S. The minimum absolute atomic E-state index is 0.0597. The number of fused-ring (bicyclic) bond motifs is 1. The molecule has 2 N–H and O–H groups in total. The van der Waals surface area contributed by atoms with Gasteiger partial charge in [0.2, 0.25) is 0 Å². The van der Waals surface area contributed by atoms with Gasteiger partial charge in [-0.05, 0) is 26.0 Å². The Morgan fingerprint density at radius 2 is 1.94 bits per heavy atom. The summed E-state index contributed by atoms with van der Waals surface area (Å²) in [5, 5.41) is 11.3. The Morgan fingerprint density at radius 3 is 2.61 bits per heavy atom. The molecule has 3 aromatic heterocycles. The summed E-state index contributed by atoms with van der Waals surface area (Å²) in [7, 11) is 4.50. The van der Waals surface area contributed by atoms with Crippen LogP contribution in [0.1, 0.15) is 22.2 Å². The number of esters is 1. The monoisotopic (exact) mass is 469 g/mol. The SMILES string of the molecule is CCOC(=O)c1c(C)sc(-c2c(-c3cccc(OC)c3)[nH]c3c2c(=O)n(C)c(=O)n3C)c1O. The minimum atomic E-state index is -0.641. The van der Waals surface area contributed by atoms with Crippen LogP contribution in [0.3, 0.4) is 0 Å². The minimum Gasteiger partial charge on any atom is -0.505 e. The molecule has 0 fully saturated rings. The van der Waals surface area contributed by atoms with E-state index in [1.165, 1.54) is 23.0 Å². The molecule has 4 aromatic rings. The highest BCUT2D eigenvalue weighted by Gasteiger charge is 2.29. The van der Waals surface area contributed by atoms with Crippen molar-refractivity contribution in [1.82, 2.24) is 14.1 Å². The lowest BCUT2D eigenvalue weighted by molar-refractivity contribution is 0.0523. The number of aryl methyl sites for hydroxylation is 2. The molecule has 0 atom stereocenters. The van der Waals surface area contributed by atoms with Gasteiger partial charge in [-0.2, -0.15) is 0 Å². The summed E-state index contributed by atoms with van der Waals surface area (Å²) in [5.74, 6) is -0.312. The normalized spacial score (nSPS) is 11.2. The van der Waals surface area contributed by atoms with E-state index in [1.807, 2.05) is 6.07 Å². The lowest BCUT2D eigenvalue weighted by Gasteiger charge is -2.07. The van der Waals surface area contributed by atoms with Gasteiger partial charge in [-0.1, -0.05) is 12.1 Å². The molecule has 0 aliphatic carbocycles. The number of carbonyl (C=O) groups excluding carboxylic acids is 1. The van der Waals surface area contributed by atoms with Crippen LogP contribution in [0.25, 0.3) is 32.7 Å². The summed E-state index contributed by atoms with van der Waals surface area (Å²) >= 11 is 1.17. The molecule has 9 nitrogen and oxygen atoms in total. The van der Waals surface area contributed by atoms with E-state index in [-0.39, 0.29) is 23.3 Å². The number of carbonyl (C=O) groups is 1. The van der Waals surface area contributed by atoms with Gasteiger partial charge in [-0.25, -0.2) is 9.59 Å². The van der Waals surface area contributed by atoms with Crippen molar-refractivity contribution in [2.24, 2.45) is 14.1 Å². The standard InChI is InChI=1S/C23H23N3O6S/c1-6-32-22(29)14-11(2)33-19(18(14)27)15-16-20(25(3)23(30)26(4)21(16)28)24-17(15)12-8-7-9-13(10-12)31-5/h7-10,24,27H,6H2,1-5H3. The molecule has 10 heteroatoms. The summed E-state index contributed by atoms with van der Waals surface area (Å²) in [4.78, 5) is 42.4. The van der Waals surface area contributed by atoms with E-state index >= 15 is 0 Å². The van der Waals surface area contributed by atoms with Crippen LogP contribution in [0.15, 0.2) is 33.9 Å². The van der Waals surface area contributed by atoms with Crippen LogP contribution in [-0.2, 0) is 18.8 Å². The van der Waals surface area contributed by atoms with Crippen LogP contribution in [0.2, 0.25) is 0 Å². The number of thiophene rings is 1. The van der Waals surface area contributed by atoms with E-state index in [1.54, 1.807) is 46.2 Å². The van der Waals surface area contributed by atoms with Gasteiger partial charge in [0.1, 0.15) is 22.7 Å². The highest BCUT2D eigenvalue weighted by atomic mass is 32.1. The molecule has 0 aliphatic heterocycles. The van der Waals surface area contributed by atoms with Gasteiger partial charge in [0.25, 0.3) is 5.56 Å².